The molecule has 1 heterocycles. The van der Waals surface area contributed by atoms with Crippen molar-refractivity contribution in [2.45, 2.75) is 33.1 Å². The molecular formula is C16H20N4OS. The number of nitrogens with two attached hydrogens (primary N) is 1. The summed E-state index contributed by atoms with van der Waals surface area (Å²) in [7, 11) is 0. The number of carbonyl (C=O) groups excluding carboxylic acids is 1. The Balaban J connectivity index is 1.95. The number of nitrogens with zero attached hydrogens (tertiary/aromatic N) is 3. The monoisotopic (exact) mass is 316 g/mol. The first-order chi connectivity index (χ1) is 10.6. The van der Waals surface area contributed by atoms with E-state index in [2.05, 4.69) is 38.7 Å². The van der Waals surface area contributed by atoms with Crippen LogP contribution in [0.4, 0.5) is 0 Å². The van der Waals surface area contributed by atoms with Crippen LogP contribution in [0.2, 0.25) is 0 Å². The summed E-state index contributed by atoms with van der Waals surface area (Å²) in [6, 6.07) is 0. The van der Waals surface area contributed by atoms with Crippen molar-refractivity contribution in [3.8, 4) is 0 Å². The number of hydrogen-bond donors (Lipinski definition) is 1. The quantitative estimate of drug-likeness (QED) is 0.498. The van der Waals surface area contributed by atoms with Gasteiger partial charge in [-0.05, 0) is 25.3 Å². The average Bonchev–Trinajstić information content (AvgIpc) is 2.97. The Bertz CT molecular complexity index is 667. The van der Waals surface area contributed by atoms with E-state index in [1.807, 2.05) is 0 Å². The van der Waals surface area contributed by atoms with Crippen LogP contribution in [0, 0.1) is 0 Å². The second-order valence-electron chi connectivity index (χ2n) is 5.02. The van der Waals surface area contributed by atoms with Gasteiger partial charge in [0.05, 0.1) is 16.4 Å². The first kappa shape index (κ1) is 16.3. The SMILES string of the molecule is CC(=O)C(=N/N)/C(C)=N\CCc1nc(C2=CCCC=C2)cs1. The maximum absolute atomic E-state index is 11.3. The molecule has 0 radical (unpaired) electrons. The minimum atomic E-state index is -0.170. The second kappa shape index (κ2) is 7.79. The van der Waals surface area contributed by atoms with Crippen LogP contribution < -0.4 is 5.84 Å². The number of aromatic nitrogens is 1. The number of hydrogen-bond acceptors (Lipinski definition) is 6. The maximum Gasteiger partial charge on any atom is 0.181 e. The molecule has 0 aliphatic heterocycles. The van der Waals surface area contributed by atoms with E-state index in [1.165, 1.54) is 12.5 Å². The molecule has 0 spiro atoms. The summed E-state index contributed by atoms with van der Waals surface area (Å²) in [5, 5.41) is 6.61. The molecule has 2 rings (SSSR count). The average molecular weight is 316 g/mol. The molecule has 0 saturated heterocycles. The van der Waals surface area contributed by atoms with E-state index in [-0.39, 0.29) is 11.5 Å². The lowest BCUT2D eigenvalue weighted by Crippen LogP contribution is -2.21. The molecule has 0 bridgehead atoms. The van der Waals surface area contributed by atoms with Crippen LogP contribution in [-0.2, 0) is 11.2 Å². The van der Waals surface area contributed by atoms with Crippen LogP contribution in [0.1, 0.15) is 37.4 Å². The lowest BCUT2D eigenvalue weighted by Gasteiger charge is -2.02. The summed E-state index contributed by atoms with van der Waals surface area (Å²) in [4.78, 5) is 20.3. The highest BCUT2D eigenvalue weighted by molar-refractivity contribution is 7.09. The Kier molecular flexibility index (Phi) is 5.77. The van der Waals surface area contributed by atoms with Gasteiger partial charge in [0.25, 0.3) is 0 Å². The van der Waals surface area contributed by atoms with Crippen LogP contribution in [0.15, 0.2) is 33.7 Å². The lowest BCUT2D eigenvalue weighted by molar-refractivity contribution is -0.110. The predicted octanol–water partition coefficient (Wildman–Crippen LogP) is 2.78. The van der Waals surface area contributed by atoms with E-state index in [4.69, 9.17) is 5.84 Å². The lowest BCUT2D eigenvalue weighted by atomic mass is 10.1. The first-order valence-electron chi connectivity index (χ1n) is 7.23. The van der Waals surface area contributed by atoms with Crippen molar-refractivity contribution >= 4 is 34.1 Å². The van der Waals surface area contributed by atoms with E-state index < -0.39 is 0 Å². The van der Waals surface area contributed by atoms with E-state index in [9.17, 15) is 4.79 Å². The van der Waals surface area contributed by atoms with Crippen LogP contribution >= 0.6 is 11.3 Å². The van der Waals surface area contributed by atoms with Crippen molar-refractivity contribution in [1.29, 1.82) is 0 Å². The molecule has 6 heteroatoms. The second-order valence-corrected chi connectivity index (χ2v) is 5.96. The molecule has 1 aromatic heterocycles. The minimum Gasteiger partial charge on any atom is -0.323 e. The molecule has 5 nitrogen and oxygen atoms in total. The van der Waals surface area contributed by atoms with Crippen molar-refractivity contribution in [3.05, 3.63) is 34.3 Å². The van der Waals surface area contributed by atoms with Gasteiger partial charge in [0, 0.05) is 25.3 Å². The van der Waals surface area contributed by atoms with E-state index in [0.717, 1.165) is 30.0 Å². The summed E-state index contributed by atoms with van der Waals surface area (Å²) < 4.78 is 0. The minimum absolute atomic E-state index is 0.170. The first-order valence-corrected chi connectivity index (χ1v) is 8.11. The van der Waals surface area contributed by atoms with Crippen molar-refractivity contribution in [2.75, 3.05) is 6.54 Å². The third-order valence-corrected chi connectivity index (χ3v) is 4.23. The molecule has 0 amide bonds. The highest BCUT2D eigenvalue weighted by Crippen LogP contribution is 2.23. The Morgan fingerprint density at radius 2 is 2.23 bits per heavy atom. The van der Waals surface area contributed by atoms with Gasteiger partial charge in [0.15, 0.2) is 5.78 Å². The smallest absolute Gasteiger partial charge is 0.181 e. The molecule has 0 atom stereocenters. The molecule has 0 aromatic carbocycles. The van der Waals surface area contributed by atoms with Crippen molar-refractivity contribution in [1.82, 2.24) is 4.98 Å². The fourth-order valence-electron chi connectivity index (χ4n) is 2.19. The topological polar surface area (TPSA) is 80.7 Å². The Morgan fingerprint density at radius 1 is 1.41 bits per heavy atom. The molecule has 1 aliphatic rings. The Labute approximate surface area is 134 Å². The van der Waals surface area contributed by atoms with E-state index >= 15 is 0 Å². The molecule has 0 saturated carbocycles. The largest absolute Gasteiger partial charge is 0.323 e. The molecule has 0 unspecified atom stereocenters. The zero-order chi connectivity index (χ0) is 15.9. The summed E-state index contributed by atoms with van der Waals surface area (Å²) >= 11 is 1.64. The molecule has 1 aliphatic carbocycles. The molecule has 0 fully saturated rings. The molecule has 2 N–H and O–H groups in total. The van der Waals surface area contributed by atoms with Crippen molar-refractivity contribution in [2.24, 2.45) is 15.9 Å². The van der Waals surface area contributed by atoms with Crippen LogP contribution in [0.25, 0.3) is 5.57 Å². The number of thiazole rings is 1. The van der Waals surface area contributed by atoms with Crippen LogP contribution in [0.5, 0.6) is 0 Å². The highest BCUT2D eigenvalue weighted by Gasteiger charge is 2.10. The zero-order valence-electron chi connectivity index (χ0n) is 12.9. The van der Waals surface area contributed by atoms with Gasteiger partial charge in [0.1, 0.15) is 5.71 Å². The van der Waals surface area contributed by atoms with Gasteiger partial charge in [0.2, 0.25) is 0 Å². The molecule has 22 heavy (non-hydrogen) atoms. The zero-order valence-corrected chi connectivity index (χ0v) is 13.7. The Morgan fingerprint density at radius 3 is 2.86 bits per heavy atom. The van der Waals surface area contributed by atoms with E-state index in [1.54, 1.807) is 18.3 Å². The number of Topliss-reactive ketones (excluding diaryl/α,β-unsaturated/α-hetero) is 1. The third kappa shape index (κ3) is 4.21. The van der Waals surface area contributed by atoms with Gasteiger partial charge in [-0.2, -0.15) is 5.10 Å². The summed E-state index contributed by atoms with van der Waals surface area (Å²) in [6.07, 6.45) is 9.45. The number of aliphatic imine (C=N–C) groups is 1. The fourth-order valence-corrected chi connectivity index (χ4v) is 2.99. The molecule has 116 valence electrons. The number of rotatable bonds is 6. The predicted molar refractivity (Wildman–Crippen MR) is 92.4 cm³/mol. The standard InChI is InChI=1S/C16H20N4OS/c1-11(16(20-17)12(2)21)18-9-8-15-19-14(10-22-15)13-6-4-3-5-7-13/h4,6-7,10H,3,5,8-9,17H2,1-2H3/b18-11-,20-16+. The van der Waals surface area contributed by atoms with Crippen molar-refractivity contribution < 1.29 is 4.79 Å². The van der Waals surface area contributed by atoms with Gasteiger partial charge in [-0.3, -0.25) is 9.79 Å². The van der Waals surface area contributed by atoms with Gasteiger partial charge < -0.3 is 5.84 Å². The number of hydrazone groups is 1. The molecule has 1 aromatic rings. The third-order valence-electron chi connectivity index (χ3n) is 3.32. The van der Waals surface area contributed by atoms with Gasteiger partial charge >= 0.3 is 0 Å². The van der Waals surface area contributed by atoms with E-state index in [0.29, 0.717) is 12.3 Å². The van der Waals surface area contributed by atoms with Gasteiger partial charge in [-0.1, -0.05) is 18.2 Å². The fraction of sp³-hybridized carbons (Fsp3) is 0.375. The Hall–Kier alpha value is -2.08. The normalized spacial score (nSPS) is 15.8. The summed E-state index contributed by atoms with van der Waals surface area (Å²) in [5.74, 6) is 5.04. The van der Waals surface area contributed by atoms with Crippen LogP contribution in [0.3, 0.4) is 0 Å². The number of carbonyl (C=O) groups is 1. The summed E-state index contributed by atoms with van der Waals surface area (Å²) in [6.45, 7) is 3.75. The number of ketones is 1. The highest BCUT2D eigenvalue weighted by atomic mass is 32.1. The maximum atomic E-state index is 11.3. The van der Waals surface area contributed by atoms with Gasteiger partial charge in [-0.25, -0.2) is 4.98 Å². The summed E-state index contributed by atoms with van der Waals surface area (Å²) in [5.41, 5.74) is 3.04. The van der Waals surface area contributed by atoms with Gasteiger partial charge in [-0.15, -0.1) is 11.3 Å². The number of allylic oxidation sites excluding steroid dienone is 4. The van der Waals surface area contributed by atoms with Crippen LogP contribution in [-0.4, -0.2) is 28.7 Å². The molecular weight excluding hydrogens is 296 g/mol. The van der Waals surface area contributed by atoms with Crippen molar-refractivity contribution in [3.63, 3.8) is 0 Å².